The number of carbonyl (C=O) groups is 4. The van der Waals surface area contributed by atoms with Crippen molar-refractivity contribution in [2.24, 2.45) is 5.73 Å². The van der Waals surface area contributed by atoms with Crippen LogP contribution in [0.5, 0.6) is 0 Å². The molecule has 4 rings (SSSR count). The molecule has 1 fully saturated rings. The fourth-order valence-corrected chi connectivity index (χ4v) is 6.16. The van der Waals surface area contributed by atoms with Crippen LogP contribution in [0.25, 0.3) is 0 Å². The van der Waals surface area contributed by atoms with Gasteiger partial charge in [-0.25, -0.2) is 9.48 Å². The van der Waals surface area contributed by atoms with E-state index in [9.17, 15) is 24.3 Å². The Hall–Kier alpha value is -3.43. The maximum atomic E-state index is 12.8. The third kappa shape index (κ3) is 5.16. The van der Waals surface area contributed by atoms with Gasteiger partial charge in [0, 0.05) is 18.1 Å². The van der Waals surface area contributed by atoms with Gasteiger partial charge in [-0.15, -0.1) is 16.9 Å². The quantitative estimate of drug-likeness (QED) is 0.228. The lowest BCUT2D eigenvalue weighted by Gasteiger charge is -2.49. The summed E-state index contributed by atoms with van der Waals surface area (Å²) in [5.41, 5.74) is 7.66. The van der Waals surface area contributed by atoms with Gasteiger partial charge >= 0.3 is 11.9 Å². The average molecular weight is 520 g/mol. The van der Waals surface area contributed by atoms with Gasteiger partial charge in [0.2, 0.25) is 11.1 Å². The standard InChI is InChI=1S/C20H21N7O6S2/c21-6-11-4-2-1-3-10(11)5-13(28)22-15-17(31)27-16(19(32)33)12(8-34-18(15)27)9-35-20-23-24-25-26(20)7-14(29)30/h1-4,15,18H,5-9,21H2,(H,22,28)(H,29,30)(H,32,33)/t15-,18-/m0/s1. The van der Waals surface area contributed by atoms with Crippen LogP contribution in [-0.4, -0.2) is 82.0 Å². The van der Waals surface area contributed by atoms with Gasteiger partial charge in [-0.3, -0.25) is 19.3 Å². The molecule has 2 amide bonds. The van der Waals surface area contributed by atoms with E-state index in [0.29, 0.717) is 11.3 Å². The molecule has 2 aliphatic heterocycles. The number of amides is 2. The molecule has 3 heterocycles. The summed E-state index contributed by atoms with van der Waals surface area (Å²) in [4.78, 5) is 49.6. The number of hydrogen-bond donors (Lipinski definition) is 4. The number of aliphatic carboxylic acids is 2. The molecule has 1 saturated heterocycles. The number of carboxylic acid groups (broad SMARTS) is 2. The second-order valence-corrected chi connectivity index (χ2v) is 9.71. The number of thioether (sulfide) groups is 2. The second-order valence-electron chi connectivity index (χ2n) is 7.66. The lowest BCUT2D eigenvalue weighted by Crippen LogP contribution is -2.70. The number of tetrazole rings is 1. The summed E-state index contributed by atoms with van der Waals surface area (Å²) in [6.07, 6.45) is 0.0586. The molecule has 13 nitrogen and oxygen atoms in total. The number of carboxylic acids is 2. The van der Waals surface area contributed by atoms with Crippen LogP contribution < -0.4 is 11.1 Å². The summed E-state index contributed by atoms with van der Waals surface area (Å²) < 4.78 is 1.09. The van der Waals surface area contributed by atoms with Crippen LogP contribution in [0, 0.1) is 0 Å². The molecule has 0 radical (unpaired) electrons. The lowest BCUT2D eigenvalue weighted by atomic mass is 10.0. The Morgan fingerprint density at radius 3 is 2.66 bits per heavy atom. The van der Waals surface area contributed by atoms with Crippen molar-refractivity contribution in [3.63, 3.8) is 0 Å². The molecule has 184 valence electrons. The predicted octanol–water partition coefficient (Wildman–Crippen LogP) is -0.710. The third-order valence-electron chi connectivity index (χ3n) is 5.42. The van der Waals surface area contributed by atoms with Crippen molar-refractivity contribution in [1.29, 1.82) is 0 Å². The van der Waals surface area contributed by atoms with Crippen molar-refractivity contribution < 1.29 is 29.4 Å². The Kier molecular flexibility index (Phi) is 7.37. The Morgan fingerprint density at radius 1 is 1.23 bits per heavy atom. The highest BCUT2D eigenvalue weighted by molar-refractivity contribution is 8.01. The van der Waals surface area contributed by atoms with Gasteiger partial charge in [-0.1, -0.05) is 36.0 Å². The van der Waals surface area contributed by atoms with E-state index >= 15 is 0 Å². The molecule has 2 aliphatic rings. The molecular weight excluding hydrogens is 498 g/mol. The predicted molar refractivity (Wildman–Crippen MR) is 124 cm³/mol. The van der Waals surface area contributed by atoms with Gasteiger partial charge in [0.1, 0.15) is 23.7 Å². The van der Waals surface area contributed by atoms with Crippen LogP contribution in [0.1, 0.15) is 11.1 Å². The van der Waals surface area contributed by atoms with E-state index in [2.05, 4.69) is 20.8 Å². The first-order chi connectivity index (χ1) is 16.8. The normalized spacial score (nSPS) is 19.2. The summed E-state index contributed by atoms with van der Waals surface area (Å²) in [6.45, 7) is -0.146. The zero-order valence-electron chi connectivity index (χ0n) is 18.2. The second kappa shape index (κ2) is 10.5. The van der Waals surface area contributed by atoms with Crippen molar-refractivity contribution >= 4 is 47.3 Å². The first-order valence-corrected chi connectivity index (χ1v) is 12.4. The fraction of sp³-hybridized carbons (Fsp3) is 0.350. The number of nitrogens with two attached hydrogens (primary N) is 1. The number of hydrogen-bond acceptors (Lipinski definition) is 10. The molecule has 0 unspecified atom stereocenters. The molecular formula is C20H21N7O6S2. The maximum absolute atomic E-state index is 12.8. The summed E-state index contributed by atoms with van der Waals surface area (Å²) in [6, 6.07) is 6.44. The first-order valence-electron chi connectivity index (χ1n) is 10.4. The first kappa shape index (κ1) is 24.7. The summed E-state index contributed by atoms with van der Waals surface area (Å²) in [5.74, 6) is -2.77. The van der Waals surface area contributed by atoms with Crippen LogP contribution in [0.4, 0.5) is 0 Å². The Morgan fingerprint density at radius 2 is 1.97 bits per heavy atom. The van der Waals surface area contributed by atoms with E-state index in [0.717, 1.165) is 27.6 Å². The van der Waals surface area contributed by atoms with Gasteiger partial charge in [-0.05, 0) is 27.1 Å². The zero-order chi connectivity index (χ0) is 25.1. The van der Waals surface area contributed by atoms with Gasteiger partial charge in [0.25, 0.3) is 5.91 Å². The van der Waals surface area contributed by atoms with Crippen molar-refractivity contribution in [3.8, 4) is 0 Å². The van der Waals surface area contributed by atoms with Crippen molar-refractivity contribution in [2.45, 2.75) is 36.1 Å². The number of nitrogens with zero attached hydrogens (tertiary/aromatic N) is 5. The molecule has 2 atom stereocenters. The molecule has 15 heteroatoms. The van der Waals surface area contributed by atoms with Gasteiger partial charge in [0.15, 0.2) is 0 Å². The molecule has 0 aliphatic carbocycles. The maximum Gasteiger partial charge on any atom is 0.352 e. The van der Waals surface area contributed by atoms with Crippen molar-refractivity contribution in [3.05, 3.63) is 46.7 Å². The van der Waals surface area contributed by atoms with E-state index in [1.165, 1.54) is 16.7 Å². The average Bonchev–Trinajstić information content (AvgIpc) is 3.26. The van der Waals surface area contributed by atoms with E-state index in [1.54, 1.807) is 12.1 Å². The number of carbonyl (C=O) groups excluding carboxylic acids is 2. The molecule has 35 heavy (non-hydrogen) atoms. The number of benzene rings is 1. The van der Waals surface area contributed by atoms with E-state index < -0.39 is 35.8 Å². The van der Waals surface area contributed by atoms with Gasteiger partial charge in [0.05, 0.1) is 6.42 Å². The lowest BCUT2D eigenvalue weighted by molar-refractivity contribution is -0.150. The molecule has 0 saturated carbocycles. The van der Waals surface area contributed by atoms with Crippen LogP contribution >= 0.6 is 23.5 Å². The van der Waals surface area contributed by atoms with Gasteiger partial charge < -0.3 is 21.3 Å². The number of aromatic nitrogens is 4. The minimum atomic E-state index is -1.26. The fourth-order valence-electron chi connectivity index (χ4n) is 3.80. The van der Waals surface area contributed by atoms with Crippen LogP contribution in [0.2, 0.25) is 0 Å². The number of nitrogens with one attached hydrogen (secondary N) is 1. The van der Waals surface area contributed by atoms with Gasteiger partial charge in [-0.2, -0.15) is 0 Å². The Balaban J connectivity index is 1.43. The highest BCUT2D eigenvalue weighted by atomic mass is 32.2. The molecule has 0 bridgehead atoms. The highest BCUT2D eigenvalue weighted by Crippen LogP contribution is 2.41. The molecule has 2 aromatic rings. The number of β-lactam (4-membered cyclic amide) rings is 1. The molecule has 0 spiro atoms. The van der Waals surface area contributed by atoms with Crippen LogP contribution in [0.3, 0.4) is 0 Å². The largest absolute Gasteiger partial charge is 0.480 e. The third-order valence-corrected chi connectivity index (χ3v) is 7.80. The summed E-state index contributed by atoms with van der Waals surface area (Å²) in [7, 11) is 0. The minimum Gasteiger partial charge on any atom is -0.480 e. The minimum absolute atomic E-state index is 0.0586. The summed E-state index contributed by atoms with van der Waals surface area (Å²) in [5, 5.41) is 32.0. The molecule has 5 N–H and O–H groups in total. The van der Waals surface area contributed by atoms with Crippen LogP contribution in [0.15, 0.2) is 40.7 Å². The van der Waals surface area contributed by atoms with E-state index in [-0.39, 0.29) is 35.5 Å². The number of fused-ring (bicyclic) bond motifs is 1. The molecule has 1 aromatic heterocycles. The van der Waals surface area contributed by atoms with Crippen LogP contribution in [-0.2, 0) is 38.7 Å². The molecule has 1 aromatic carbocycles. The Labute approximate surface area is 207 Å². The number of rotatable bonds is 10. The Bertz CT molecular complexity index is 1220. The topological polar surface area (TPSA) is 194 Å². The van der Waals surface area contributed by atoms with E-state index in [4.69, 9.17) is 10.8 Å². The van der Waals surface area contributed by atoms with Crippen molar-refractivity contribution in [1.82, 2.24) is 30.4 Å². The summed E-state index contributed by atoms with van der Waals surface area (Å²) >= 11 is 2.42. The van der Waals surface area contributed by atoms with E-state index in [1.807, 2.05) is 12.1 Å². The zero-order valence-corrected chi connectivity index (χ0v) is 19.8. The smallest absolute Gasteiger partial charge is 0.352 e. The van der Waals surface area contributed by atoms with Crippen molar-refractivity contribution in [2.75, 3.05) is 11.5 Å². The highest BCUT2D eigenvalue weighted by Gasteiger charge is 2.54. The monoisotopic (exact) mass is 519 g/mol. The SMILES string of the molecule is NCc1ccccc1CC(=O)N[C@H]1C(=O)N2C(C(=O)O)=C(CSc3nnnn3CC(=O)O)CS[C@@H]12.